The number of aromatic amines is 2. The molecule has 3 aliphatic rings. The van der Waals surface area contributed by atoms with Gasteiger partial charge in [0.05, 0.1) is 49.1 Å². The molecule has 0 bridgehead atoms. The molecule has 8 rings (SSSR count). The highest BCUT2D eigenvalue weighted by Gasteiger charge is 2.42. The van der Waals surface area contributed by atoms with E-state index in [9.17, 15) is 19.2 Å². The summed E-state index contributed by atoms with van der Waals surface area (Å²) in [5.74, 6) is 1.55. The highest BCUT2D eigenvalue weighted by atomic mass is 16.5. The maximum Gasteiger partial charge on any atom is 0.407 e. The Morgan fingerprint density at radius 3 is 2.08 bits per heavy atom. The molecule has 4 heterocycles. The van der Waals surface area contributed by atoms with Crippen molar-refractivity contribution in [1.29, 1.82) is 0 Å². The summed E-state index contributed by atoms with van der Waals surface area (Å²) in [4.78, 5) is 70.4. The van der Waals surface area contributed by atoms with E-state index in [1.165, 1.54) is 14.2 Å². The molecule has 1 saturated heterocycles. The van der Waals surface area contributed by atoms with Gasteiger partial charge in [0.25, 0.3) is 0 Å². The normalized spacial score (nSPS) is 17.7. The van der Waals surface area contributed by atoms with Crippen LogP contribution in [0.15, 0.2) is 60.7 Å². The number of alkyl carbamates (subject to hydrolysis) is 2. The molecule has 2 fully saturated rings. The minimum Gasteiger partial charge on any atom is -0.492 e. The summed E-state index contributed by atoms with van der Waals surface area (Å²) in [5, 5.41) is 8.67. The number of rotatable bonds is 11. The number of carbonyl (C=O) groups is 4. The van der Waals surface area contributed by atoms with Gasteiger partial charge in [0.15, 0.2) is 0 Å². The minimum absolute atomic E-state index is 0.118. The van der Waals surface area contributed by atoms with Gasteiger partial charge in [-0.15, -0.1) is 0 Å². The fraction of sp³-hybridized carbons (Fsp3) is 0.447. The molecular formula is C47H56N8O7. The smallest absolute Gasteiger partial charge is 0.407 e. The molecule has 2 aromatic heterocycles. The largest absolute Gasteiger partial charge is 0.492 e. The highest BCUT2D eigenvalue weighted by molar-refractivity contribution is 5.88. The first-order valence-electron chi connectivity index (χ1n) is 21.7. The molecule has 0 radical (unpaired) electrons. The average molecular weight is 845 g/mol. The number of nitrogens with one attached hydrogen (secondary N) is 5. The van der Waals surface area contributed by atoms with Crippen molar-refractivity contribution in [2.45, 2.75) is 96.3 Å². The standard InChI is InChI=1S/C47H56N8O7/c1-26(2)38(52-45(58)60-5)42(56)54-47(20-7-8-21-47)44-49-33-18-16-30(24-35(33)50-44)28-11-13-29(14-12-28)31-15-17-32-37(25-31)62-23-19-34-40(32)51-41(48-34)36-10-9-22-55(36)43(57)39(27(3)4)53-46(59)61-6/h11-18,24-27,36,38-39H,7-10,19-23H2,1-6H3,(H,48,51)(H,49,50)(H,52,58)(H,53,59)(H,54,56)/t36-,38?,39-/m0/s1. The molecule has 15 nitrogen and oxygen atoms in total. The second kappa shape index (κ2) is 17.5. The molecule has 1 unspecified atom stereocenters. The van der Waals surface area contributed by atoms with Crippen LogP contribution in [-0.4, -0.2) is 88.3 Å². The molecule has 5 N–H and O–H groups in total. The van der Waals surface area contributed by atoms with E-state index in [1.807, 2.05) is 38.7 Å². The van der Waals surface area contributed by atoms with Crippen LogP contribution < -0.4 is 20.7 Å². The van der Waals surface area contributed by atoms with Crippen LogP contribution in [0.5, 0.6) is 5.75 Å². The van der Waals surface area contributed by atoms with Crippen molar-refractivity contribution in [3.8, 4) is 39.3 Å². The Morgan fingerprint density at radius 1 is 0.790 bits per heavy atom. The Hall–Kier alpha value is -6.38. The van der Waals surface area contributed by atoms with Crippen molar-refractivity contribution in [3.05, 3.63) is 78.0 Å². The van der Waals surface area contributed by atoms with Crippen molar-refractivity contribution in [2.24, 2.45) is 11.8 Å². The maximum atomic E-state index is 13.8. The zero-order valence-electron chi connectivity index (χ0n) is 36.2. The molecule has 1 aliphatic carbocycles. The Labute approximate surface area is 361 Å². The molecule has 1 saturated carbocycles. The zero-order valence-corrected chi connectivity index (χ0v) is 36.2. The molecule has 15 heteroatoms. The number of amides is 4. The van der Waals surface area contributed by atoms with Gasteiger partial charge in [0.1, 0.15) is 29.5 Å². The zero-order chi connectivity index (χ0) is 43.7. The minimum atomic E-state index is -0.744. The predicted octanol–water partition coefficient (Wildman–Crippen LogP) is 7.53. The van der Waals surface area contributed by atoms with Crippen molar-refractivity contribution >= 4 is 35.0 Å². The van der Waals surface area contributed by atoms with Gasteiger partial charge in [0, 0.05) is 24.2 Å². The number of H-pyrrole nitrogens is 2. The van der Waals surface area contributed by atoms with E-state index in [-0.39, 0.29) is 29.7 Å². The lowest BCUT2D eigenvalue weighted by atomic mass is 9.94. The maximum absolute atomic E-state index is 13.8. The number of hydrogen-bond donors (Lipinski definition) is 5. The van der Waals surface area contributed by atoms with Crippen LogP contribution in [0.4, 0.5) is 9.59 Å². The van der Waals surface area contributed by atoms with Crippen LogP contribution in [-0.2, 0) is 31.0 Å². The van der Waals surface area contributed by atoms with Crippen LogP contribution in [0.3, 0.4) is 0 Å². The SMILES string of the molecule is COC(=O)NC(C(=O)NC1(c2nc3ccc(-c4ccc(-c5ccc6c(c5)OCCc5[nH]c([C@@H]7CCCN7C(=O)[C@@H](NC(=O)OC)C(C)C)nc5-6)cc4)cc3[nH]2)CCCC1)C(C)C. The molecule has 3 atom stereocenters. The number of likely N-dealkylation sites (tertiary alicyclic amines) is 1. The van der Waals surface area contributed by atoms with Gasteiger partial charge in [-0.2, -0.15) is 0 Å². The quantitative estimate of drug-likeness (QED) is 0.0894. The second-order valence-corrected chi connectivity index (χ2v) is 17.3. The van der Waals surface area contributed by atoms with Crippen LogP contribution in [0.1, 0.15) is 89.6 Å². The summed E-state index contributed by atoms with van der Waals surface area (Å²) in [6, 6.07) is 19.1. The third-order valence-corrected chi connectivity index (χ3v) is 12.6. The first-order chi connectivity index (χ1) is 29.9. The average Bonchev–Trinajstić information content (AvgIpc) is 4.10. The number of imidazole rings is 2. The molecule has 4 amide bonds. The van der Waals surface area contributed by atoms with Crippen molar-refractivity contribution in [3.63, 3.8) is 0 Å². The van der Waals surface area contributed by atoms with E-state index >= 15 is 0 Å². The van der Waals surface area contributed by atoms with Gasteiger partial charge >= 0.3 is 12.2 Å². The summed E-state index contributed by atoms with van der Waals surface area (Å²) in [5.41, 5.74) is 7.85. The summed E-state index contributed by atoms with van der Waals surface area (Å²) in [6.45, 7) is 8.66. The fourth-order valence-corrected chi connectivity index (χ4v) is 9.17. The Bertz CT molecular complexity index is 2470. The number of fused-ring (bicyclic) bond motifs is 4. The third kappa shape index (κ3) is 8.32. The van der Waals surface area contributed by atoms with E-state index in [1.54, 1.807) is 0 Å². The summed E-state index contributed by atoms with van der Waals surface area (Å²) in [6.07, 6.45) is 4.38. The van der Waals surface area contributed by atoms with Crippen molar-refractivity contribution < 1.29 is 33.4 Å². The highest BCUT2D eigenvalue weighted by Crippen LogP contribution is 2.41. The van der Waals surface area contributed by atoms with Gasteiger partial charge in [0.2, 0.25) is 11.8 Å². The van der Waals surface area contributed by atoms with E-state index in [2.05, 4.69) is 80.5 Å². The fourth-order valence-electron chi connectivity index (χ4n) is 9.17. The number of methoxy groups -OCH3 is 2. The summed E-state index contributed by atoms with van der Waals surface area (Å²) < 4.78 is 15.9. The number of aromatic nitrogens is 4. The first-order valence-corrected chi connectivity index (χ1v) is 21.7. The van der Waals surface area contributed by atoms with Gasteiger partial charge < -0.3 is 45.0 Å². The van der Waals surface area contributed by atoms with Crippen molar-refractivity contribution in [2.75, 3.05) is 27.4 Å². The predicted molar refractivity (Wildman–Crippen MR) is 234 cm³/mol. The topological polar surface area (TPSA) is 193 Å². The van der Waals surface area contributed by atoms with Gasteiger partial charge in [-0.05, 0) is 84.0 Å². The third-order valence-electron chi connectivity index (χ3n) is 12.6. The lowest BCUT2D eigenvalue weighted by molar-refractivity contribution is -0.135. The summed E-state index contributed by atoms with van der Waals surface area (Å²) in [7, 11) is 2.58. The molecule has 2 aliphatic heterocycles. The summed E-state index contributed by atoms with van der Waals surface area (Å²) >= 11 is 0. The molecular weight excluding hydrogens is 789 g/mol. The number of carbonyl (C=O) groups excluding carboxylic acids is 4. The lowest BCUT2D eigenvalue weighted by Gasteiger charge is -2.31. The molecule has 0 spiro atoms. The number of hydrogen-bond acceptors (Lipinski definition) is 9. The molecule has 3 aromatic carbocycles. The van der Waals surface area contributed by atoms with Crippen LogP contribution >= 0.6 is 0 Å². The van der Waals surface area contributed by atoms with Crippen LogP contribution in [0.25, 0.3) is 44.5 Å². The Balaban J connectivity index is 0.994. The van der Waals surface area contributed by atoms with E-state index < -0.39 is 29.8 Å². The van der Waals surface area contributed by atoms with Crippen LogP contribution in [0.2, 0.25) is 0 Å². The van der Waals surface area contributed by atoms with Crippen molar-refractivity contribution in [1.82, 2.24) is 40.8 Å². The van der Waals surface area contributed by atoms with E-state index in [4.69, 9.17) is 24.2 Å². The van der Waals surface area contributed by atoms with Gasteiger partial charge in [-0.3, -0.25) is 9.59 Å². The Morgan fingerprint density at radius 2 is 1.42 bits per heavy atom. The van der Waals surface area contributed by atoms with E-state index in [0.29, 0.717) is 19.6 Å². The Kier molecular flexibility index (Phi) is 12.0. The monoisotopic (exact) mass is 844 g/mol. The molecule has 5 aromatic rings. The number of ether oxygens (including phenoxy) is 3. The lowest BCUT2D eigenvalue weighted by Crippen LogP contribution is -2.55. The van der Waals surface area contributed by atoms with Crippen LogP contribution in [0, 0.1) is 11.8 Å². The first kappa shape index (κ1) is 42.3. The van der Waals surface area contributed by atoms with Gasteiger partial charge in [-0.1, -0.05) is 76.9 Å². The molecule has 62 heavy (non-hydrogen) atoms. The number of nitrogens with zero attached hydrogens (tertiary/aromatic N) is 3. The number of benzene rings is 3. The molecule has 326 valence electrons. The van der Waals surface area contributed by atoms with E-state index in [0.717, 1.165) is 106 Å². The van der Waals surface area contributed by atoms with Gasteiger partial charge in [-0.25, -0.2) is 19.6 Å². The second-order valence-electron chi connectivity index (χ2n) is 17.3.